The second kappa shape index (κ2) is 9.48. The SMILES string of the molecule is Cc1ccc(C(=O)O)c(C)c1C.Cc1ccc(C(=O)O)c(C)c1C.[Zn]. The van der Waals surface area contributed by atoms with Crippen LogP contribution in [0.25, 0.3) is 0 Å². The van der Waals surface area contributed by atoms with Crippen molar-refractivity contribution in [3.63, 3.8) is 0 Å². The van der Waals surface area contributed by atoms with E-state index < -0.39 is 11.9 Å². The molecule has 0 aromatic heterocycles. The fourth-order valence-electron chi connectivity index (χ4n) is 2.38. The number of aryl methyl sites for hydroxylation is 2. The second-order valence-corrected chi connectivity index (χ2v) is 5.97. The summed E-state index contributed by atoms with van der Waals surface area (Å²) in [7, 11) is 0. The first kappa shape index (κ1) is 23.0. The van der Waals surface area contributed by atoms with Gasteiger partial charge in [0.05, 0.1) is 11.1 Å². The standard InChI is InChI=1S/2C10H12O2.Zn/c2*1-6-4-5-9(10(11)12)8(3)7(6)2;/h2*4-5H,1-3H3,(H,11,12);. The van der Waals surface area contributed by atoms with Gasteiger partial charge in [-0.05, 0) is 87.1 Å². The molecule has 0 unspecified atom stereocenters. The molecule has 0 heterocycles. The van der Waals surface area contributed by atoms with Crippen molar-refractivity contribution in [2.24, 2.45) is 0 Å². The van der Waals surface area contributed by atoms with Crippen LogP contribution in [-0.4, -0.2) is 22.2 Å². The van der Waals surface area contributed by atoms with Crippen LogP contribution in [0.4, 0.5) is 0 Å². The molecule has 2 aromatic rings. The van der Waals surface area contributed by atoms with E-state index in [4.69, 9.17) is 10.2 Å². The quantitative estimate of drug-likeness (QED) is 0.730. The molecule has 0 bridgehead atoms. The molecule has 130 valence electrons. The number of carboxylic acid groups (broad SMARTS) is 2. The van der Waals surface area contributed by atoms with E-state index in [9.17, 15) is 9.59 Å². The van der Waals surface area contributed by atoms with Crippen LogP contribution >= 0.6 is 0 Å². The summed E-state index contributed by atoms with van der Waals surface area (Å²) in [4.78, 5) is 21.4. The number of hydrogen-bond acceptors (Lipinski definition) is 2. The van der Waals surface area contributed by atoms with Crippen LogP contribution in [0.1, 0.15) is 54.1 Å². The zero-order valence-electron chi connectivity index (χ0n) is 15.7. The van der Waals surface area contributed by atoms with Crippen molar-refractivity contribution in [2.75, 3.05) is 0 Å². The summed E-state index contributed by atoms with van der Waals surface area (Å²) in [6.07, 6.45) is 0. The molecule has 4 nitrogen and oxygen atoms in total. The molecule has 0 saturated carbocycles. The van der Waals surface area contributed by atoms with Crippen molar-refractivity contribution < 1.29 is 39.3 Å². The molecule has 0 aliphatic carbocycles. The van der Waals surface area contributed by atoms with Gasteiger partial charge in [0.1, 0.15) is 0 Å². The number of hydrogen-bond donors (Lipinski definition) is 2. The molecule has 0 aliphatic heterocycles. The first-order valence-electron chi connectivity index (χ1n) is 7.68. The van der Waals surface area contributed by atoms with E-state index in [1.165, 1.54) is 0 Å². The smallest absolute Gasteiger partial charge is 0.335 e. The van der Waals surface area contributed by atoms with Crippen LogP contribution in [0.3, 0.4) is 0 Å². The number of rotatable bonds is 2. The number of carbonyl (C=O) groups is 2. The summed E-state index contributed by atoms with van der Waals surface area (Å²) >= 11 is 0. The van der Waals surface area contributed by atoms with Crippen molar-refractivity contribution in [3.8, 4) is 0 Å². The number of carboxylic acids is 2. The van der Waals surface area contributed by atoms with E-state index in [-0.39, 0.29) is 19.5 Å². The summed E-state index contributed by atoms with van der Waals surface area (Å²) in [6.45, 7) is 11.5. The Morgan fingerprint density at radius 2 is 0.880 bits per heavy atom. The van der Waals surface area contributed by atoms with E-state index >= 15 is 0 Å². The molecule has 5 heteroatoms. The molecule has 0 spiro atoms. The molecule has 0 radical (unpaired) electrons. The topological polar surface area (TPSA) is 74.6 Å². The van der Waals surface area contributed by atoms with E-state index in [0.717, 1.165) is 33.4 Å². The average Bonchev–Trinajstić information content (AvgIpc) is 2.50. The van der Waals surface area contributed by atoms with Crippen molar-refractivity contribution in [1.29, 1.82) is 0 Å². The van der Waals surface area contributed by atoms with E-state index in [1.807, 2.05) is 53.7 Å². The summed E-state index contributed by atoms with van der Waals surface area (Å²) in [6, 6.07) is 6.98. The maximum Gasteiger partial charge on any atom is 0.335 e. The van der Waals surface area contributed by atoms with Crippen molar-refractivity contribution in [2.45, 2.75) is 41.5 Å². The van der Waals surface area contributed by atoms with Gasteiger partial charge in [0.2, 0.25) is 0 Å². The summed E-state index contributed by atoms with van der Waals surface area (Å²) in [5, 5.41) is 17.6. The van der Waals surface area contributed by atoms with Crippen molar-refractivity contribution in [3.05, 3.63) is 68.8 Å². The first-order chi connectivity index (χ1) is 11.1. The number of aromatic carboxylic acids is 2. The largest absolute Gasteiger partial charge is 0.478 e. The van der Waals surface area contributed by atoms with Crippen LogP contribution in [0, 0.1) is 41.5 Å². The van der Waals surface area contributed by atoms with Crippen LogP contribution in [0.2, 0.25) is 0 Å². The van der Waals surface area contributed by atoms with Gasteiger partial charge < -0.3 is 10.2 Å². The monoisotopic (exact) mass is 392 g/mol. The molecule has 0 saturated heterocycles. The molecule has 0 amide bonds. The Morgan fingerprint density at radius 1 is 0.600 bits per heavy atom. The Kier molecular flexibility index (Phi) is 8.72. The van der Waals surface area contributed by atoms with E-state index in [0.29, 0.717) is 11.1 Å². The minimum atomic E-state index is -0.851. The maximum atomic E-state index is 10.7. The molecule has 2 aromatic carbocycles. The van der Waals surface area contributed by atoms with E-state index in [2.05, 4.69) is 0 Å². The second-order valence-electron chi connectivity index (χ2n) is 5.97. The minimum absolute atomic E-state index is 0. The molecule has 0 fully saturated rings. The molecular formula is C20H24O4Zn. The van der Waals surface area contributed by atoms with Crippen molar-refractivity contribution in [1.82, 2.24) is 0 Å². The average molecular weight is 394 g/mol. The van der Waals surface area contributed by atoms with Crippen LogP contribution in [0.5, 0.6) is 0 Å². The molecule has 2 N–H and O–H groups in total. The molecule has 2 rings (SSSR count). The fourth-order valence-corrected chi connectivity index (χ4v) is 2.38. The normalized spacial score (nSPS) is 9.52. The summed E-state index contributed by atoms with van der Waals surface area (Å²) in [5.41, 5.74) is 6.93. The van der Waals surface area contributed by atoms with Crippen LogP contribution in [-0.2, 0) is 19.5 Å². The van der Waals surface area contributed by atoms with Crippen LogP contribution < -0.4 is 0 Å². The molecule has 0 atom stereocenters. The summed E-state index contributed by atoms with van der Waals surface area (Å²) < 4.78 is 0. The zero-order valence-corrected chi connectivity index (χ0v) is 18.7. The van der Waals surface area contributed by atoms with Gasteiger partial charge in [-0.1, -0.05) is 12.1 Å². The minimum Gasteiger partial charge on any atom is -0.478 e. The van der Waals surface area contributed by atoms with Gasteiger partial charge in [0, 0.05) is 19.5 Å². The van der Waals surface area contributed by atoms with Gasteiger partial charge in [-0.3, -0.25) is 0 Å². The third-order valence-corrected chi connectivity index (χ3v) is 4.58. The fraction of sp³-hybridized carbons (Fsp3) is 0.300. The number of benzene rings is 2. The van der Waals surface area contributed by atoms with Gasteiger partial charge in [-0.2, -0.15) is 0 Å². The van der Waals surface area contributed by atoms with Gasteiger partial charge >= 0.3 is 11.9 Å². The van der Waals surface area contributed by atoms with Crippen molar-refractivity contribution >= 4 is 11.9 Å². The Hall–Kier alpha value is -2.00. The predicted octanol–water partition coefficient (Wildman–Crippen LogP) is 4.62. The summed E-state index contributed by atoms with van der Waals surface area (Å²) in [5.74, 6) is -1.70. The zero-order chi connectivity index (χ0) is 18.6. The third-order valence-electron chi connectivity index (χ3n) is 4.58. The maximum absolute atomic E-state index is 10.7. The molecular weight excluding hydrogens is 370 g/mol. The Morgan fingerprint density at radius 3 is 1.12 bits per heavy atom. The molecule has 0 aliphatic rings. The Labute approximate surface area is 161 Å². The van der Waals surface area contributed by atoms with Gasteiger partial charge in [0.15, 0.2) is 0 Å². The van der Waals surface area contributed by atoms with Gasteiger partial charge in [0.25, 0.3) is 0 Å². The van der Waals surface area contributed by atoms with E-state index in [1.54, 1.807) is 12.1 Å². The Bertz CT molecular complexity index is 727. The van der Waals surface area contributed by atoms with Gasteiger partial charge in [-0.25, -0.2) is 9.59 Å². The Balaban J connectivity index is 0.000000443. The molecule has 25 heavy (non-hydrogen) atoms. The van der Waals surface area contributed by atoms with Gasteiger partial charge in [-0.15, -0.1) is 0 Å². The van der Waals surface area contributed by atoms with Crippen LogP contribution in [0.15, 0.2) is 24.3 Å². The predicted molar refractivity (Wildman–Crippen MR) is 95.2 cm³/mol. The third kappa shape index (κ3) is 5.50. The first-order valence-corrected chi connectivity index (χ1v) is 7.68.